The van der Waals surface area contributed by atoms with E-state index in [1.165, 1.54) is 12.1 Å². The summed E-state index contributed by atoms with van der Waals surface area (Å²) in [4.78, 5) is 14.6. The van der Waals surface area contributed by atoms with Crippen LogP contribution in [0.3, 0.4) is 0 Å². The normalized spacial score (nSPS) is 14.6. The van der Waals surface area contributed by atoms with E-state index in [1.807, 2.05) is 6.92 Å². The van der Waals surface area contributed by atoms with Crippen molar-refractivity contribution in [1.29, 1.82) is 0 Å². The molecule has 0 bridgehead atoms. The maximum atomic E-state index is 12.6. The molecular formula is C17H19F3N4O2. The first kappa shape index (κ1) is 18.1. The van der Waals surface area contributed by atoms with Crippen molar-refractivity contribution in [2.24, 2.45) is 7.05 Å². The molecule has 1 fully saturated rings. The van der Waals surface area contributed by atoms with Crippen molar-refractivity contribution in [2.45, 2.75) is 26.1 Å². The second-order valence-corrected chi connectivity index (χ2v) is 6.13. The molecule has 9 heteroatoms. The van der Waals surface area contributed by atoms with Crippen LogP contribution in [0, 0.1) is 6.92 Å². The van der Waals surface area contributed by atoms with E-state index in [9.17, 15) is 18.0 Å². The minimum absolute atomic E-state index is 0.0716. The summed E-state index contributed by atoms with van der Waals surface area (Å²) in [7, 11) is 1.78. The molecule has 26 heavy (non-hydrogen) atoms. The Hall–Kier alpha value is -2.71. The second-order valence-electron chi connectivity index (χ2n) is 6.13. The molecule has 2 heterocycles. The monoisotopic (exact) mass is 368 g/mol. The van der Waals surface area contributed by atoms with E-state index in [2.05, 4.69) is 20.1 Å². The molecular weight excluding hydrogens is 349 g/mol. The number of halogens is 3. The first-order valence-electron chi connectivity index (χ1n) is 8.20. The summed E-state index contributed by atoms with van der Waals surface area (Å²) in [6.45, 7) is 3.54. The topological polar surface area (TPSA) is 59.4 Å². The number of amides is 1. The first-order valence-corrected chi connectivity index (χ1v) is 8.20. The number of hydrogen-bond acceptors (Lipinski definition) is 4. The highest BCUT2D eigenvalue weighted by atomic mass is 19.4. The average Bonchev–Trinajstić information content (AvgIpc) is 3.17. The number of rotatable bonds is 4. The lowest BCUT2D eigenvalue weighted by atomic mass is 10.2. The maximum absolute atomic E-state index is 12.6. The molecule has 2 aromatic rings. The average molecular weight is 368 g/mol. The molecule has 0 spiro atoms. The van der Waals surface area contributed by atoms with E-state index in [0.29, 0.717) is 11.5 Å². The van der Waals surface area contributed by atoms with Gasteiger partial charge in [-0.2, -0.15) is 5.10 Å². The van der Waals surface area contributed by atoms with Crippen LogP contribution in [-0.2, 0) is 7.05 Å². The molecule has 0 unspecified atom stereocenters. The van der Waals surface area contributed by atoms with Gasteiger partial charge in [-0.15, -0.1) is 13.2 Å². The number of nitrogens with zero attached hydrogens (tertiary/aromatic N) is 3. The fourth-order valence-corrected chi connectivity index (χ4v) is 2.91. The van der Waals surface area contributed by atoms with Crippen LogP contribution in [0.15, 0.2) is 24.3 Å². The van der Waals surface area contributed by atoms with Gasteiger partial charge in [0.25, 0.3) is 5.91 Å². The number of aromatic nitrogens is 2. The zero-order valence-corrected chi connectivity index (χ0v) is 14.4. The van der Waals surface area contributed by atoms with Crippen molar-refractivity contribution in [2.75, 3.05) is 23.3 Å². The van der Waals surface area contributed by atoms with Gasteiger partial charge in [-0.3, -0.25) is 9.48 Å². The first-order chi connectivity index (χ1) is 12.2. The third-order valence-corrected chi connectivity index (χ3v) is 4.29. The number of carbonyl (C=O) groups excluding carboxylic acids is 1. The van der Waals surface area contributed by atoms with E-state index < -0.39 is 18.0 Å². The van der Waals surface area contributed by atoms with Crippen LogP contribution >= 0.6 is 0 Å². The van der Waals surface area contributed by atoms with Crippen LogP contribution in [-0.4, -0.2) is 35.1 Å². The zero-order valence-electron chi connectivity index (χ0n) is 14.4. The van der Waals surface area contributed by atoms with Gasteiger partial charge in [0.05, 0.1) is 5.69 Å². The van der Waals surface area contributed by atoms with Gasteiger partial charge in [-0.05, 0) is 38.0 Å². The number of anilines is 2. The van der Waals surface area contributed by atoms with Gasteiger partial charge in [-0.1, -0.05) is 6.07 Å². The maximum Gasteiger partial charge on any atom is 0.573 e. The summed E-state index contributed by atoms with van der Waals surface area (Å²) >= 11 is 0. The molecule has 1 N–H and O–H groups in total. The van der Waals surface area contributed by atoms with Crippen LogP contribution in [0.1, 0.15) is 28.9 Å². The van der Waals surface area contributed by atoms with Crippen LogP contribution in [0.4, 0.5) is 24.7 Å². The summed E-state index contributed by atoms with van der Waals surface area (Å²) in [5, 5.41) is 7.24. The smallest absolute Gasteiger partial charge is 0.406 e. The van der Waals surface area contributed by atoms with Gasteiger partial charge < -0.3 is 15.0 Å². The minimum atomic E-state index is -4.81. The molecule has 0 atom stereocenters. The predicted molar refractivity (Wildman–Crippen MR) is 90.5 cm³/mol. The third kappa shape index (κ3) is 3.92. The Morgan fingerprint density at radius 1 is 1.27 bits per heavy atom. The number of carbonyl (C=O) groups is 1. The molecule has 1 saturated heterocycles. The fourth-order valence-electron chi connectivity index (χ4n) is 2.91. The molecule has 1 aromatic heterocycles. The summed E-state index contributed by atoms with van der Waals surface area (Å²) < 4.78 is 42.6. The molecule has 0 saturated carbocycles. The highest BCUT2D eigenvalue weighted by Gasteiger charge is 2.31. The van der Waals surface area contributed by atoms with Crippen molar-refractivity contribution in [3.63, 3.8) is 0 Å². The van der Waals surface area contributed by atoms with E-state index >= 15 is 0 Å². The van der Waals surface area contributed by atoms with Crippen LogP contribution in [0.5, 0.6) is 5.75 Å². The third-order valence-electron chi connectivity index (χ3n) is 4.29. The van der Waals surface area contributed by atoms with Crippen molar-refractivity contribution in [1.82, 2.24) is 9.78 Å². The lowest BCUT2D eigenvalue weighted by Crippen LogP contribution is -2.21. The summed E-state index contributed by atoms with van der Waals surface area (Å²) in [6, 6.07) is 4.98. The minimum Gasteiger partial charge on any atom is -0.406 e. The number of hydrogen-bond donors (Lipinski definition) is 1. The lowest BCUT2D eigenvalue weighted by Gasteiger charge is -2.17. The fraction of sp³-hybridized carbons (Fsp3) is 0.412. The number of ether oxygens (including phenoxy) is 1. The molecule has 1 amide bonds. The summed E-state index contributed by atoms with van der Waals surface area (Å²) in [5.41, 5.74) is 1.41. The number of aryl methyl sites for hydroxylation is 1. The van der Waals surface area contributed by atoms with Gasteiger partial charge >= 0.3 is 6.36 Å². The molecule has 1 aliphatic rings. The van der Waals surface area contributed by atoms with E-state index in [4.69, 9.17) is 0 Å². The number of alkyl halides is 3. The highest BCUT2D eigenvalue weighted by Crippen LogP contribution is 2.31. The summed E-state index contributed by atoms with van der Waals surface area (Å²) in [6.07, 6.45) is -2.70. The second kappa shape index (κ2) is 6.89. The molecule has 0 aliphatic carbocycles. The zero-order chi connectivity index (χ0) is 18.9. The van der Waals surface area contributed by atoms with Crippen LogP contribution in [0.2, 0.25) is 0 Å². The highest BCUT2D eigenvalue weighted by molar-refractivity contribution is 6.06. The van der Waals surface area contributed by atoms with Gasteiger partial charge in [0.1, 0.15) is 11.4 Å². The molecule has 6 nitrogen and oxygen atoms in total. The Kier molecular flexibility index (Phi) is 4.80. The van der Waals surface area contributed by atoms with E-state index in [0.717, 1.165) is 43.8 Å². The number of nitrogens with one attached hydrogen (secondary N) is 1. The van der Waals surface area contributed by atoms with Gasteiger partial charge in [0, 0.05) is 25.7 Å². The Bertz CT molecular complexity index is 811. The molecule has 3 rings (SSSR count). The van der Waals surface area contributed by atoms with E-state index in [1.54, 1.807) is 11.7 Å². The molecule has 1 aromatic carbocycles. The van der Waals surface area contributed by atoms with E-state index in [-0.39, 0.29) is 5.56 Å². The van der Waals surface area contributed by atoms with Crippen molar-refractivity contribution < 1.29 is 22.7 Å². The standard InChI is InChI=1S/C17H19F3N4O2/c1-11-14(15(22-23(11)2)24-8-3-4-9-24)21-16(25)12-6-5-7-13(10-12)26-17(18,19)20/h5-7,10H,3-4,8-9H2,1-2H3,(H,21,25). The van der Waals surface area contributed by atoms with Gasteiger partial charge in [0.15, 0.2) is 5.82 Å². The van der Waals surface area contributed by atoms with Crippen LogP contribution in [0.25, 0.3) is 0 Å². The quantitative estimate of drug-likeness (QED) is 0.898. The van der Waals surface area contributed by atoms with Crippen molar-refractivity contribution >= 4 is 17.4 Å². The largest absolute Gasteiger partial charge is 0.573 e. The lowest BCUT2D eigenvalue weighted by molar-refractivity contribution is -0.274. The van der Waals surface area contributed by atoms with Crippen LogP contribution < -0.4 is 15.0 Å². The molecule has 0 radical (unpaired) electrons. The van der Waals surface area contributed by atoms with Gasteiger partial charge in [0.2, 0.25) is 0 Å². The predicted octanol–water partition coefficient (Wildman–Crippen LogP) is 3.48. The van der Waals surface area contributed by atoms with Crippen molar-refractivity contribution in [3.8, 4) is 5.75 Å². The SMILES string of the molecule is Cc1c(NC(=O)c2cccc(OC(F)(F)F)c2)c(N2CCCC2)nn1C. The number of benzene rings is 1. The Morgan fingerprint density at radius 2 is 1.96 bits per heavy atom. The Balaban J connectivity index is 1.83. The van der Waals surface area contributed by atoms with Crippen molar-refractivity contribution in [3.05, 3.63) is 35.5 Å². The Labute approximate surface area is 148 Å². The Morgan fingerprint density at radius 3 is 2.62 bits per heavy atom. The molecule has 140 valence electrons. The van der Waals surface area contributed by atoms with Gasteiger partial charge in [-0.25, -0.2) is 0 Å². The summed E-state index contributed by atoms with van der Waals surface area (Å²) in [5.74, 6) is -0.277. The molecule has 1 aliphatic heterocycles.